The second kappa shape index (κ2) is 5.17. The molecule has 3 rings (SSSR count). The molecule has 1 aromatic heterocycles. The lowest BCUT2D eigenvalue weighted by molar-refractivity contribution is 1.36. The number of nitrogen functional groups attached to an aromatic ring is 1. The van der Waals surface area contributed by atoms with Gasteiger partial charge in [-0.2, -0.15) is 0 Å². The quantitative estimate of drug-likeness (QED) is 0.698. The number of fused-ring (bicyclic) bond motifs is 1. The predicted octanol–water partition coefficient (Wildman–Crippen LogP) is 4.30. The molecule has 0 amide bonds. The Morgan fingerprint density at radius 1 is 0.900 bits per heavy atom. The van der Waals surface area contributed by atoms with Crippen LogP contribution in [0.3, 0.4) is 0 Å². The van der Waals surface area contributed by atoms with Crippen LogP contribution in [0.1, 0.15) is 16.8 Å². The zero-order valence-corrected chi connectivity index (χ0v) is 11.4. The van der Waals surface area contributed by atoms with Crippen LogP contribution < -0.4 is 5.73 Å². The van der Waals surface area contributed by atoms with Crippen LogP contribution in [-0.2, 0) is 0 Å². The van der Waals surface area contributed by atoms with Crippen molar-refractivity contribution in [3.05, 3.63) is 71.4 Å². The van der Waals surface area contributed by atoms with Crippen LogP contribution >= 0.6 is 0 Å². The minimum atomic E-state index is 0.762. The molecule has 0 aliphatic heterocycles. The van der Waals surface area contributed by atoms with Gasteiger partial charge in [0.1, 0.15) is 0 Å². The zero-order chi connectivity index (χ0) is 13.9. The van der Waals surface area contributed by atoms with Gasteiger partial charge < -0.3 is 5.73 Å². The van der Waals surface area contributed by atoms with Crippen LogP contribution in [0.2, 0.25) is 0 Å². The van der Waals surface area contributed by atoms with E-state index in [1.807, 2.05) is 43.3 Å². The predicted molar refractivity (Wildman–Crippen MR) is 86.3 cm³/mol. The lowest BCUT2D eigenvalue weighted by Gasteiger charge is -2.05. The molecule has 0 saturated heterocycles. The minimum Gasteiger partial charge on any atom is -0.397 e. The molecule has 0 spiro atoms. The molecular formula is C18H16N2. The fourth-order valence-electron chi connectivity index (χ4n) is 2.17. The lowest BCUT2D eigenvalue weighted by Crippen LogP contribution is -1.94. The molecule has 0 atom stereocenters. The number of benzene rings is 2. The van der Waals surface area contributed by atoms with Gasteiger partial charge in [-0.1, -0.05) is 54.6 Å². The number of aryl methyl sites for hydroxylation is 1. The highest BCUT2D eigenvalue weighted by Crippen LogP contribution is 2.23. The van der Waals surface area contributed by atoms with Crippen LogP contribution in [-0.4, -0.2) is 4.98 Å². The van der Waals surface area contributed by atoms with Gasteiger partial charge >= 0.3 is 0 Å². The van der Waals surface area contributed by atoms with Crippen molar-refractivity contribution in [3.63, 3.8) is 0 Å². The molecule has 0 aliphatic carbocycles. The maximum absolute atomic E-state index is 6.11. The molecule has 3 aromatic rings. The first-order chi connectivity index (χ1) is 9.74. The third-order valence-corrected chi connectivity index (χ3v) is 3.39. The van der Waals surface area contributed by atoms with Crippen molar-refractivity contribution in [1.82, 2.24) is 4.98 Å². The van der Waals surface area contributed by atoms with E-state index in [0.29, 0.717) is 0 Å². The van der Waals surface area contributed by atoms with E-state index >= 15 is 0 Å². The second-order valence-electron chi connectivity index (χ2n) is 4.85. The number of nitrogens with zero attached hydrogens (tertiary/aromatic N) is 1. The molecule has 2 nitrogen and oxygen atoms in total. The maximum atomic E-state index is 6.11. The molecule has 0 bridgehead atoms. The van der Waals surface area contributed by atoms with E-state index in [2.05, 4.69) is 35.3 Å². The van der Waals surface area contributed by atoms with Crippen molar-refractivity contribution in [1.29, 1.82) is 0 Å². The normalized spacial score (nSPS) is 11.2. The van der Waals surface area contributed by atoms with E-state index in [1.54, 1.807) is 0 Å². The molecule has 2 heteroatoms. The summed E-state index contributed by atoms with van der Waals surface area (Å²) in [6.45, 7) is 2.00. The van der Waals surface area contributed by atoms with E-state index in [4.69, 9.17) is 5.73 Å². The number of aromatic nitrogens is 1. The molecule has 2 N–H and O–H groups in total. The molecule has 1 heterocycles. The van der Waals surface area contributed by atoms with Crippen LogP contribution in [0.25, 0.3) is 23.1 Å². The molecule has 0 aliphatic rings. The largest absolute Gasteiger partial charge is 0.397 e. The number of pyridine rings is 1. The molecule has 0 unspecified atom stereocenters. The number of hydrogen-bond acceptors (Lipinski definition) is 2. The van der Waals surface area contributed by atoms with E-state index in [-0.39, 0.29) is 0 Å². The third kappa shape index (κ3) is 2.41. The first-order valence-corrected chi connectivity index (χ1v) is 6.63. The first-order valence-electron chi connectivity index (χ1n) is 6.63. The molecule has 0 fully saturated rings. The Bertz CT molecular complexity index is 774. The summed E-state index contributed by atoms with van der Waals surface area (Å²) in [5, 5.41) is 1.07. The van der Waals surface area contributed by atoms with E-state index in [0.717, 1.165) is 33.4 Å². The Balaban J connectivity index is 2.01. The number of rotatable bonds is 2. The highest BCUT2D eigenvalue weighted by Gasteiger charge is 2.02. The third-order valence-electron chi connectivity index (χ3n) is 3.39. The van der Waals surface area contributed by atoms with Gasteiger partial charge in [0, 0.05) is 5.39 Å². The SMILES string of the molecule is Cc1ccc2ccc(/C=C/c3ccccc3)nc2c1N. The van der Waals surface area contributed by atoms with Crippen molar-refractivity contribution in [3.8, 4) is 0 Å². The number of hydrogen-bond donors (Lipinski definition) is 1. The average molecular weight is 260 g/mol. The maximum Gasteiger partial charge on any atom is 0.0941 e. The Morgan fingerprint density at radius 2 is 1.65 bits per heavy atom. The van der Waals surface area contributed by atoms with Gasteiger partial charge in [0.05, 0.1) is 16.9 Å². The summed E-state index contributed by atoms with van der Waals surface area (Å²) in [4.78, 5) is 4.64. The first kappa shape index (κ1) is 12.4. The van der Waals surface area contributed by atoms with Crippen LogP contribution in [0.4, 0.5) is 5.69 Å². The molecule has 0 saturated carbocycles. The van der Waals surface area contributed by atoms with Crippen molar-refractivity contribution in [2.24, 2.45) is 0 Å². The highest BCUT2D eigenvalue weighted by atomic mass is 14.7. The monoisotopic (exact) mass is 260 g/mol. The van der Waals surface area contributed by atoms with Gasteiger partial charge in [0.15, 0.2) is 0 Å². The Morgan fingerprint density at radius 3 is 2.45 bits per heavy atom. The van der Waals surface area contributed by atoms with Gasteiger partial charge in [-0.05, 0) is 30.2 Å². The lowest BCUT2D eigenvalue weighted by atomic mass is 10.1. The second-order valence-corrected chi connectivity index (χ2v) is 4.85. The van der Waals surface area contributed by atoms with E-state index in [1.165, 1.54) is 0 Å². The summed E-state index contributed by atoms with van der Waals surface area (Å²) < 4.78 is 0. The highest BCUT2D eigenvalue weighted by molar-refractivity contribution is 5.91. The van der Waals surface area contributed by atoms with Crippen molar-refractivity contribution >= 4 is 28.7 Å². The van der Waals surface area contributed by atoms with Gasteiger partial charge in [-0.25, -0.2) is 4.98 Å². The van der Waals surface area contributed by atoms with Crippen molar-refractivity contribution in [2.45, 2.75) is 6.92 Å². The fourth-order valence-corrected chi connectivity index (χ4v) is 2.17. The molecular weight excluding hydrogens is 244 g/mol. The topological polar surface area (TPSA) is 38.9 Å². The van der Waals surface area contributed by atoms with Crippen molar-refractivity contribution < 1.29 is 0 Å². The Kier molecular flexibility index (Phi) is 3.21. The summed E-state index contributed by atoms with van der Waals surface area (Å²) in [6.07, 6.45) is 4.07. The molecule has 98 valence electrons. The van der Waals surface area contributed by atoms with E-state index < -0.39 is 0 Å². The minimum absolute atomic E-state index is 0.762. The van der Waals surface area contributed by atoms with Gasteiger partial charge in [-0.15, -0.1) is 0 Å². The molecule has 20 heavy (non-hydrogen) atoms. The molecule has 0 radical (unpaired) electrons. The smallest absolute Gasteiger partial charge is 0.0941 e. The number of nitrogens with two attached hydrogens (primary N) is 1. The summed E-state index contributed by atoms with van der Waals surface area (Å²) in [5.41, 5.74) is 10.9. The Hall–Kier alpha value is -2.61. The zero-order valence-electron chi connectivity index (χ0n) is 11.4. The number of anilines is 1. The van der Waals surface area contributed by atoms with Crippen LogP contribution in [0.15, 0.2) is 54.6 Å². The van der Waals surface area contributed by atoms with Crippen molar-refractivity contribution in [2.75, 3.05) is 5.73 Å². The fraction of sp³-hybridized carbons (Fsp3) is 0.0556. The summed E-state index contributed by atoms with van der Waals surface area (Å²) in [5.74, 6) is 0. The van der Waals surface area contributed by atoms with E-state index in [9.17, 15) is 0 Å². The Labute approximate surface area is 118 Å². The average Bonchev–Trinajstić information content (AvgIpc) is 2.50. The van der Waals surface area contributed by atoms with Gasteiger partial charge in [-0.3, -0.25) is 0 Å². The van der Waals surface area contributed by atoms with Gasteiger partial charge in [0.2, 0.25) is 0 Å². The summed E-state index contributed by atoms with van der Waals surface area (Å²) >= 11 is 0. The summed E-state index contributed by atoms with van der Waals surface area (Å²) in [6, 6.07) is 18.3. The summed E-state index contributed by atoms with van der Waals surface area (Å²) in [7, 11) is 0. The standard InChI is InChI=1S/C18H16N2/c1-13-7-9-15-10-12-16(20-18(15)17(13)19)11-8-14-5-3-2-4-6-14/h2-12H,19H2,1H3/b11-8+. The van der Waals surface area contributed by atoms with Crippen LogP contribution in [0, 0.1) is 6.92 Å². The van der Waals surface area contributed by atoms with Gasteiger partial charge in [0.25, 0.3) is 0 Å². The van der Waals surface area contributed by atoms with Crippen LogP contribution in [0.5, 0.6) is 0 Å². The molecule has 2 aromatic carbocycles.